The maximum Gasteiger partial charge on any atom is 0.00818 e. The van der Waals surface area contributed by atoms with Crippen LogP contribution in [0, 0.1) is 0 Å². The van der Waals surface area contributed by atoms with Gasteiger partial charge in [0.15, 0.2) is 0 Å². The van der Waals surface area contributed by atoms with Gasteiger partial charge in [-0.25, -0.2) is 0 Å². The fourth-order valence-corrected chi connectivity index (χ4v) is 1.85. The van der Waals surface area contributed by atoms with Gasteiger partial charge < -0.3 is 10.6 Å². The molecule has 0 aromatic heterocycles. The van der Waals surface area contributed by atoms with Crippen LogP contribution in [0.3, 0.4) is 0 Å². The summed E-state index contributed by atoms with van der Waals surface area (Å²) >= 11 is 0. The number of hydrogen-bond donors (Lipinski definition) is 1. The molecule has 0 saturated carbocycles. The Bertz CT molecular complexity index is 145. The zero-order chi connectivity index (χ0) is 8.97. The molecule has 0 aromatic rings. The summed E-state index contributed by atoms with van der Waals surface area (Å²) in [6.07, 6.45) is 5.39. The van der Waals surface area contributed by atoms with Crippen molar-refractivity contribution in [3.63, 3.8) is 0 Å². The van der Waals surface area contributed by atoms with Crippen molar-refractivity contribution >= 4 is 0 Å². The van der Waals surface area contributed by atoms with E-state index in [1.165, 1.54) is 0 Å². The molecule has 1 rings (SSSR count). The molecule has 0 aliphatic carbocycles. The standard InChI is InChI=1S/C10H20N2/c1-3-4-6-12-7-5-10(11)8-9(12)2/h3,9-10H,1,4-8,11H2,2H3. The number of nitrogens with zero attached hydrogens (tertiary/aromatic N) is 1. The summed E-state index contributed by atoms with van der Waals surface area (Å²) in [6.45, 7) is 8.31. The zero-order valence-electron chi connectivity index (χ0n) is 8.00. The molecule has 70 valence electrons. The maximum atomic E-state index is 5.87. The van der Waals surface area contributed by atoms with E-state index in [9.17, 15) is 0 Å². The second-order valence-corrected chi connectivity index (χ2v) is 3.75. The third kappa shape index (κ3) is 2.61. The summed E-state index contributed by atoms with van der Waals surface area (Å²) in [5.74, 6) is 0. The van der Waals surface area contributed by atoms with Gasteiger partial charge >= 0.3 is 0 Å². The normalized spacial score (nSPS) is 31.8. The largest absolute Gasteiger partial charge is 0.328 e. The molecule has 0 aromatic carbocycles. The van der Waals surface area contributed by atoms with E-state index in [0.717, 1.165) is 32.4 Å². The monoisotopic (exact) mass is 168 g/mol. The summed E-state index contributed by atoms with van der Waals surface area (Å²) < 4.78 is 0. The van der Waals surface area contributed by atoms with Crippen LogP contribution in [0.4, 0.5) is 0 Å². The molecule has 1 heterocycles. The molecule has 2 atom stereocenters. The minimum absolute atomic E-state index is 0.431. The quantitative estimate of drug-likeness (QED) is 0.645. The molecule has 1 aliphatic rings. The lowest BCUT2D eigenvalue weighted by Crippen LogP contribution is -2.45. The van der Waals surface area contributed by atoms with Crippen molar-refractivity contribution in [3.05, 3.63) is 12.7 Å². The van der Waals surface area contributed by atoms with Gasteiger partial charge in [0.05, 0.1) is 0 Å². The molecule has 1 aliphatic heterocycles. The van der Waals surface area contributed by atoms with Gasteiger partial charge in [-0.05, 0) is 32.7 Å². The van der Waals surface area contributed by atoms with Crippen LogP contribution in [0.25, 0.3) is 0 Å². The van der Waals surface area contributed by atoms with E-state index < -0.39 is 0 Å². The summed E-state index contributed by atoms with van der Waals surface area (Å²) in [5.41, 5.74) is 5.87. The second-order valence-electron chi connectivity index (χ2n) is 3.75. The van der Waals surface area contributed by atoms with E-state index in [-0.39, 0.29) is 0 Å². The minimum atomic E-state index is 0.431. The molecule has 0 spiro atoms. The molecule has 2 heteroatoms. The minimum Gasteiger partial charge on any atom is -0.328 e. The highest BCUT2D eigenvalue weighted by Crippen LogP contribution is 2.15. The topological polar surface area (TPSA) is 29.3 Å². The Morgan fingerprint density at radius 2 is 2.42 bits per heavy atom. The van der Waals surface area contributed by atoms with Gasteiger partial charge in [-0.1, -0.05) is 6.08 Å². The lowest BCUT2D eigenvalue weighted by molar-refractivity contribution is 0.150. The van der Waals surface area contributed by atoms with Crippen LogP contribution >= 0.6 is 0 Å². The highest BCUT2D eigenvalue weighted by atomic mass is 15.2. The first-order chi connectivity index (χ1) is 5.74. The lowest BCUT2D eigenvalue weighted by atomic mass is 9.99. The van der Waals surface area contributed by atoms with E-state index in [1.807, 2.05) is 6.08 Å². The van der Waals surface area contributed by atoms with Crippen molar-refractivity contribution in [3.8, 4) is 0 Å². The third-order valence-corrected chi connectivity index (χ3v) is 2.67. The molecule has 1 saturated heterocycles. The van der Waals surface area contributed by atoms with Crippen LogP contribution < -0.4 is 5.73 Å². The lowest BCUT2D eigenvalue weighted by Gasteiger charge is -2.36. The first-order valence-electron chi connectivity index (χ1n) is 4.84. The molecule has 0 bridgehead atoms. The van der Waals surface area contributed by atoms with Crippen LogP contribution in [0.1, 0.15) is 26.2 Å². The van der Waals surface area contributed by atoms with Crippen molar-refractivity contribution in [1.29, 1.82) is 0 Å². The second kappa shape index (κ2) is 4.63. The molecule has 2 N–H and O–H groups in total. The Morgan fingerprint density at radius 3 is 3.00 bits per heavy atom. The van der Waals surface area contributed by atoms with E-state index in [4.69, 9.17) is 5.73 Å². The van der Waals surface area contributed by atoms with E-state index in [1.54, 1.807) is 0 Å². The van der Waals surface area contributed by atoms with Crippen molar-refractivity contribution in [2.45, 2.75) is 38.3 Å². The van der Waals surface area contributed by atoms with Crippen molar-refractivity contribution in [2.24, 2.45) is 5.73 Å². The van der Waals surface area contributed by atoms with Crippen molar-refractivity contribution in [2.75, 3.05) is 13.1 Å². The van der Waals surface area contributed by atoms with Gasteiger partial charge in [0, 0.05) is 18.6 Å². The summed E-state index contributed by atoms with van der Waals surface area (Å²) in [7, 11) is 0. The Kier molecular flexibility index (Phi) is 3.76. The van der Waals surface area contributed by atoms with Gasteiger partial charge in [-0.3, -0.25) is 0 Å². The number of likely N-dealkylation sites (tertiary alicyclic amines) is 1. The number of nitrogens with two attached hydrogens (primary N) is 1. The molecule has 2 nitrogen and oxygen atoms in total. The summed E-state index contributed by atoms with van der Waals surface area (Å²) in [6, 6.07) is 1.09. The Hall–Kier alpha value is -0.340. The first-order valence-corrected chi connectivity index (χ1v) is 4.84. The molecule has 0 radical (unpaired) electrons. The average Bonchev–Trinajstić information content (AvgIpc) is 2.03. The molecule has 1 fully saturated rings. The van der Waals surface area contributed by atoms with Crippen LogP contribution in [-0.4, -0.2) is 30.1 Å². The number of piperidine rings is 1. The highest BCUT2D eigenvalue weighted by molar-refractivity contribution is 4.82. The van der Waals surface area contributed by atoms with Crippen LogP contribution in [-0.2, 0) is 0 Å². The fourth-order valence-electron chi connectivity index (χ4n) is 1.85. The first kappa shape index (κ1) is 9.75. The van der Waals surface area contributed by atoms with Crippen LogP contribution in [0.15, 0.2) is 12.7 Å². The van der Waals surface area contributed by atoms with Gasteiger partial charge in [-0.15, -0.1) is 6.58 Å². The Labute approximate surface area is 75.4 Å². The molecule has 2 unspecified atom stereocenters. The van der Waals surface area contributed by atoms with E-state index in [0.29, 0.717) is 12.1 Å². The molecular formula is C10H20N2. The predicted octanol–water partition coefficient (Wildman–Crippen LogP) is 1.37. The maximum absolute atomic E-state index is 5.87. The molecular weight excluding hydrogens is 148 g/mol. The van der Waals surface area contributed by atoms with Gasteiger partial charge in [0.25, 0.3) is 0 Å². The average molecular weight is 168 g/mol. The number of rotatable bonds is 3. The summed E-state index contributed by atoms with van der Waals surface area (Å²) in [5, 5.41) is 0. The number of hydrogen-bond acceptors (Lipinski definition) is 2. The summed E-state index contributed by atoms with van der Waals surface area (Å²) in [4.78, 5) is 2.50. The SMILES string of the molecule is C=CCCN1CCC(N)CC1C. The predicted molar refractivity (Wildman–Crippen MR) is 53.1 cm³/mol. The van der Waals surface area contributed by atoms with Crippen molar-refractivity contribution in [1.82, 2.24) is 4.90 Å². The molecule has 0 amide bonds. The zero-order valence-corrected chi connectivity index (χ0v) is 8.00. The van der Waals surface area contributed by atoms with Crippen LogP contribution in [0.2, 0.25) is 0 Å². The van der Waals surface area contributed by atoms with Crippen LogP contribution in [0.5, 0.6) is 0 Å². The van der Waals surface area contributed by atoms with Gasteiger partial charge in [0.1, 0.15) is 0 Å². The van der Waals surface area contributed by atoms with Gasteiger partial charge in [-0.2, -0.15) is 0 Å². The van der Waals surface area contributed by atoms with E-state index >= 15 is 0 Å². The Morgan fingerprint density at radius 1 is 1.67 bits per heavy atom. The van der Waals surface area contributed by atoms with Crippen molar-refractivity contribution < 1.29 is 0 Å². The smallest absolute Gasteiger partial charge is 0.00818 e. The Balaban J connectivity index is 2.29. The highest BCUT2D eigenvalue weighted by Gasteiger charge is 2.21. The van der Waals surface area contributed by atoms with E-state index in [2.05, 4.69) is 18.4 Å². The fraction of sp³-hybridized carbons (Fsp3) is 0.800. The third-order valence-electron chi connectivity index (χ3n) is 2.67. The van der Waals surface area contributed by atoms with Gasteiger partial charge in [0.2, 0.25) is 0 Å². The molecule has 12 heavy (non-hydrogen) atoms.